The van der Waals surface area contributed by atoms with Crippen LogP contribution in [0.5, 0.6) is 5.88 Å². The summed E-state index contributed by atoms with van der Waals surface area (Å²) in [6, 6.07) is 12.8. The van der Waals surface area contributed by atoms with Gasteiger partial charge < -0.3 is 4.74 Å². The van der Waals surface area contributed by atoms with Gasteiger partial charge >= 0.3 is 0 Å². The Kier molecular flexibility index (Phi) is 3.36. The summed E-state index contributed by atoms with van der Waals surface area (Å²) in [6.45, 7) is 1.94. The fraction of sp³-hybridized carbons (Fsp3) is 0.118. The molecule has 0 radical (unpaired) electrons. The number of hydrogen-bond donors (Lipinski definition) is 0. The van der Waals surface area contributed by atoms with E-state index in [0.717, 1.165) is 16.6 Å². The van der Waals surface area contributed by atoms with Crippen LogP contribution in [0.25, 0.3) is 10.9 Å². The Morgan fingerprint density at radius 2 is 2.00 bits per heavy atom. The van der Waals surface area contributed by atoms with Crippen molar-refractivity contribution >= 4 is 16.7 Å². The van der Waals surface area contributed by atoms with Crippen LogP contribution in [0.15, 0.2) is 48.7 Å². The van der Waals surface area contributed by atoms with Gasteiger partial charge in [0.05, 0.1) is 18.2 Å². The summed E-state index contributed by atoms with van der Waals surface area (Å²) < 4.78 is 5.15. The third-order valence-electron chi connectivity index (χ3n) is 3.30. The first-order valence-electron chi connectivity index (χ1n) is 6.60. The average molecular weight is 278 g/mol. The van der Waals surface area contributed by atoms with Crippen LogP contribution in [-0.2, 0) is 0 Å². The minimum atomic E-state index is -0.109. The maximum atomic E-state index is 12.6. The molecule has 0 aliphatic heterocycles. The lowest BCUT2D eigenvalue weighted by Crippen LogP contribution is -2.05. The van der Waals surface area contributed by atoms with Crippen LogP contribution < -0.4 is 4.74 Å². The van der Waals surface area contributed by atoms with E-state index in [4.69, 9.17) is 4.74 Å². The molecule has 0 bridgehead atoms. The van der Waals surface area contributed by atoms with Gasteiger partial charge in [-0.15, -0.1) is 0 Å². The van der Waals surface area contributed by atoms with Gasteiger partial charge in [0.15, 0.2) is 5.78 Å². The van der Waals surface area contributed by atoms with E-state index in [9.17, 15) is 4.79 Å². The number of ether oxygens (including phenoxy) is 1. The van der Waals surface area contributed by atoms with E-state index < -0.39 is 0 Å². The van der Waals surface area contributed by atoms with Crippen molar-refractivity contribution in [2.24, 2.45) is 0 Å². The molecule has 3 aromatic rings. The molecule has 0 fully saturated rings. The van der Waals surface area contributed by atoms with E-state index in [1.807, 2.05) is 31.2 Å². The average Bonchev–Trinajstić information content (AvgIpc) is 2.53. The third-order valence-corrected chi connectivity index (χ3v) is 3.30. The summed E-state index contributed by atoms with van der Waals surface area (Å²) in [5.41, 5.74) is 2.89. The number of pyridine rings is 2. The lowest BCUT2D eigenvalue weighted by atomic mass is 10.0. The second kappa shape index (κ2) is 5.32. The van der Waals surface area contributed by atoms with Crippen LogP contribution in [0.1, 0.15) is 21.6 Å². The summed E-state index contributed by atoms with van der Waals surface area (Å²) in [4.78, 5) is 21.1. The number of benzene rings is 1. The second-order valence-electron chi connectivity index (χ2n) is 4.75. The predicted molar refractivity (Wildman–Crippen MR) is 80.7 cm³/mol. The third kappa shape index (κ3) is 2.48. The van der Waals surface area contributed by atoms with Crippen molar-refractivity contribution in [3.63, 3.8) is 0 Å². The van der Waals surface area contributed by atoms with E-state index in [-0.39, 0.29) is 5.78 Å². The maximum Gasteiger partial charge on any atom is 0.224 e. The van der Waals surface area contributed by atoms with E-state index in [1.165, 1.54) is 7.11 Å². The molecule has 1 aromatic carbocycles. The smallest absolute Gasteiger partial charge is 0.224 e. The molecule has 0 amide bonds. The van der Waals surface area contributed by atoms with Gasteiger partial charge in [-0.25, -0.2) is 4.98 Å². The molecule has 4 nitrogen and oxygen atoms in total. The zero-order valence-electron chi connectivity index (χ0n) is 11.8. The van der Waals surface area contributed by atoms with Gasteiger partial charge in [0.2, 0.25) is 5.88 Å². The highest BCUT2D eigenvalue weighted by Crippen LogP contribution is 2.21. The van der Waals surface area contributed by atoms with Crippen molar-refractivity contribution in [3.05, 3.63) is 65.5 Å². The van der Waals surface area contributed by atoms with Crippen molar-refractivity contribution in [3.8, 4) is 5.88 Å². The fourth-order valence-electron chi connectivity index (χ4n) is 2.25. The Balaban J connectivity index is 2.07. The van der Waals surface area contributed by atoms with Gasteiger partial charge in [-0.1, -0.05) is 6.07 Å². The molecule has 2 aromatic heterocycles. The number of aromatic nitrogens is 2. The molecule has 104 valence electrons. The van der Waals surface area contributed by atoms with Crippen LogP contribution in [-0.4, -0.2) is 22.9 Å². The number of nitrogens with zero attached hydrogens (tertiary/aromatic N) is 2. The van der Waals surface area contributed by atoms with Gasteiger partial charge in [0.25, 0.3) is 0 Å². The highest BCUT2D eigenvalue weighted by Gasteiger charge is 2.15. The second-order valence-corrected chi connectivity index (χ2v) is 4.75. The van der Waals surface area contributed by atoms with Crippen molar-refractivity contribution < 1.29 is 9.53 Å². The number of ketones is 1. The lowest BCUT2D eigenvalue weighted by Gasteiger charge is -2.07. The SMILES string of the molecule is COc1ncccc1C(=O)c1ccc2nc(C)ccc2c1. The molecule has 0 N–H and O–H groups in total. The minimum absolute atomic E-state index is 0.109. The van der Waals surface area contributed by atoms with Crippen molar-refractivity contribution in [1.29, 1.82) is 0 Å². The van der Waals surface area contributed by atoms with Gasteiger partial charge in [-0.05, 0) is 43.3 Å². The number of hydrogen-bond acceptors (Lipinski definition) is 4. The summed E-state index contributed by atoms with van der Waals surface area (Å²) in [5.74, 6) is 0.229. The minimum Gasteiger partial charge on any atom is -0.480 e. The first-order chi connectivity index (χ1) is 10.2. The Hall–Kier alpha value is -2.75. The van der Waals surface area contributed by atoms with E-state index in [0.29, 0.717) is 17.0 Å². The highest BCUT2D eigenvalue weighted by atomic mass is 16.5. The number of aryl methyl sites for hydroxylation is 1. The molecule has 3 rings (SSSR count). The number of methoxy groups -OCH3 is 1. The normalized spacial score (nSPS) is 10.6. The van der Waals surface area contributed by atoms with Gasteiger partial charge in [0, 0.05) is 22.8 Å². The van der Waals surface area contributed by atoms with Crippen molar-refractivity contribution in [2.75, 3.05) is 7.11 Å². The van der Waals surface area contributed by atoms with E-state index in [1.54, 1.807) is 24.4 Å². The number of rotatable bonds is 3. The first-order valence-corrected chi connectivity index (χ1v) is 6.60. The first kappa shape index (κ1) is 13.2. The van der Waals surface area contributed by atoms with Gasteiger partial charge in [-0.2, -0.15) is 0 Å². The zero-order valence-corrected chi connectivity index (χ0v) is 11.8. The molecule has 0 spiro atoms. The monoisotopic (exact) mass is 278 g/mol. The molecule has 0 aliphatic rings. The Labute approximate surface area is 122 Å². The quantitative estimate of drug-likeness (QED) is 0.690. The number of carbonyl (C=O) groups excluding carboxylic acids is 1. The number of fused-ring (bicyclic) bond motifs is 1. The molecular weight excluding hydrogens is 264 g/mol. The van der Waals surface area contributed by atoms with Crippen molar-refractivity contribution in [1.82, 2.24) is 9.97 Å². The predicted octanol–water partition coefficient (Wildman–Crippen LogP) is 3.18. The molecule has 0 unspecified atom stereocenters. The summed E-state index contributed by atoms with van der Waals surface area (Å²) in [6.07, 6.45) is 1.60. The van der Waals surface area contributed by atoms with Crippen LogP contribution in [0, 0.1) is 6.92 Å². The molecular formula is C17H14N2O2. The van der Waals surface area contributed by atoms with Crippen LogP contribution in [0.3, 0.4) is 0 Å². The zero-order chi connectivity index (χ0) is 14.8. The Morgan fingerprint density at radius 3 is 2.81 bits per heavy atom. The van der Waals surface area contributed by atoms with E-state index >= 15 is 0 Å². The molecule has 0 atom stereocenters. The molecule has 0 saturated heterocycles. The maximum absolute atomic E-state index is 12.6. The summed E-state index contributed by atoms with van der Waals surface area (Å²) in [7, 11) is 1.51. The lowest BCUT2D eigenvalue weighted by molar-refractivity contribution is 0.103. The molecule has 0 aliphatic carbocycles. The van der Waals surface area contributed by atoms with Gasteiger partial charge in [-0.3, -0.25) is 9.78 Å². The summed E-state index contributed by atoms with van der Waals surface area (Å²) in [5, 5.41) is 0.939. The van der Waals surface area contributed by atoms with Crippen LogP contribution in [0.2, 0.25) is 0 Å². The van der Waals surface area contributed by atoms with Crippen molar-refractivity contribution in [2.45, 2.75) is 6.92 Å². The Bertz CT molecular complexity index is 828. The molecule has 21 heavy (non-hydrogen) atoms. The van der Waals surface area contributed by atoms with Crippen LogP contribution in [0.4, 0.5) is 0 Å². The largest absolute Gasteiger partial charge is 0.480 e. The molecule has 0 saturated carbocycles. The van der Waals surface area contributed by atoms with Gasteiger partial charge in [0.1, 0.15) is 0 Å². The highest BCUT2D eigenvalue weighted by molar-refractivity contribution is 6.11. The number of carbonyl (C=O) groups is 1. The van der Waals surface area contributed by atoms with E-state index in [2.05, 4.69) is 9.97 Å². The summed E-state index contributed by atoms with van der Waals surface area (Å²) >= 11 is 0. The fourth-order valence-corrected chi connectivity index (χ4v) is 2.25. The topological polar surface area (TPSA) is 52.1 Å². The molecule has 4 heteroatoms. The molecule has 2 heterocycles. The standard InChI is InChI=1S/C17H14N2O2/c1-11-5-6-12-10-13(7-8-15(12)19-11)16(20)14-4-3-9-18-17(14)21-2/h3-10H,1-2H3. The van der Waals surface area contributed by atoms with Crippen LogP contribution >= 0.6 is 0 Å². The Morgan fingerprint density at radius 1 is 1.14 bits per heavy atom.